The number of hydrogen-bond donors (Lipinski definition) is 0. The van der Waals surface area contributed by atoms with E-state index in [9.17, 15) is 0 Å². The summed E-state index contributed by atoms with van der Waals surface area (Å²) in [5.41, 5.74) is 12.3. The molecule has 0 bridgehead atoms. The molecule has 0 aliphatic rings. The molecule has 0 amide bonds. The van der Waals surface area contributed by atoms with Crippen LogP contribution in [0, 0.1) is 0 Å². The van der Waals surface area contributed by atoms with Crippen LogP contribution in [-0.4, -0.2) is 0 Å². The molecule has 0 saturated heterocycles. The first-order valence-electron chi connectivity index (χ1n) is 17.8. The molecule has 10 rings (SSSR count). The van der Waals surface area contributed by atoms with Crippen LogP contribution in [0.4, 0.5) is 17.1 Å². The van der Waals surface area contributed by atoms with Crippen molar-refractivity contribution in [2.45, 2.75) is 0 Å². The molecule has 0 spiro atoms. The van der Waals surface area contributed by atoms with Gasteiger partial charge in [-0.3, -0.25) is 0 Å². The van der Waals surface area contributed by atoms with Crippen LogP contribution in [0.15, 0.2) is 205 Å². The van der Waals surface area contributed by atoms with Crippen molar-refractivity contribution in [3.63, 3.8) is 0 Å². The Morgan fingerprint density at radius 3 is 1.73 bits per heavy atom. The Hall–Kier alpha value is -6.90. The third-order valence-corrected chi connectivity index (χ3v) is 10.3. The van der Waals surface area contributed by atoms with E-state index in [1.165, 1.54) is 43.8 Å². The fraction of sp³-hybridized carbons (Fsp3) is 0. The predicted octanol–water partition coefficient (Wildman–Crippen LogP) is 14.4. The van der Waals surface area contributed by atoms with Gasteiger partial charge in [-0.05, 0) is 110 Å². The smallest absolute Gasteiger partial charge is 0.135 e. The van der Waals surface area contributed by atoms with E-state index in [0.29, 0.717) is 0 Å². The number of nitrogens with zero attached hydrogens (tertiary/aromatic N) is 1. The van der Waals surface area contributed by atoms with Crippen molar-refractivity contribution >= 4 is 60.5 Å². The molecule has 244 valence electrons. The third kappa shape index (κ3) is 5.21. The lowest BCUT2D eigenvalue weighted by Crippen LogP contribution is -2.09. The van der Waals surface area contributed by atoms with E-state index in [1.54, 1.807) is 0 Å². The summed E-state index contributed by atoms with van der Waals surface area (Å²) in [6.45, 7) is 0. The Bertz CT molecular complexity index is 2890. The van der Waals surface area contributed by atoms with Crippen molar-refractivity contribution < 1.29 is 4.42 Å². The molecule has 0 N–H and O–H groups in total. The summed E-state index contributed by atoms with van der Waals surface area (Å²) < 4.78 is 6.11. The van der Waals surface area contributed by atoms with Gasteiger partial charge >= 0.3 is 0 Å². The maximum Gasteiger partial charge on any atom is 0.135 e. The van der Waals surface area contributed by atoms with Gasteiger partial charge in [-0.25, -0.2) is 0 Å². The van der Waals surface area contributed by atoms with Crippen LogP contribution in [0.3, 0.4) is 0 Å². The summed E-state index contributed by atoms with van der Waals surface area (Å²) in [5, 5.41) is 7.39. The number of fused-ring (bicyclic) bond motifs is 6. The SMILES string of the molecule is c1ccc(N(c2ccc(-c3ccc(-c4cccc5c4ccc4ccccc45)cc3)cc2)c2cccc(-c3ccc4oc5ccccc5c4c3)c2)cc1. The predicted molar refractivity (Wildman–Crippen MR) is 220 cm³/mol. The zero-order valence-electron chi connectivity index (χ0n) is 28.4. The van der Waals surface area contributed by atoms with Crippen LogP contribution in [0.1, 0.15) is 0 Å². The molecule has 1 heterocycles. The number of benzene rings is 9. The van der Waals surface area contributed by atoms with Crippen LogP contribution in [0.2, 0.25) is 0 Å². The highest BCUT2D eigenvalue weighted by atomic mass is 16.3. The first-order valence-corrected chi connectivity index (χ1v) is 17.8. The van der Waals surface area contributed by atoms with Crippen LogP contribution < -0.4 is 4.90 Å². The molecule has 9 aromatic carbocycles. The molecule has 0 saturated carbocycles. The summed E-state index contributed by atoms with van der Waals surface area (Å²) in [5.74, 6) is 0. The monoisotopic (exact) mass is 663 g/mol. The van der Waals surface area contributed by atoms with Crippen LogP contribution >= 0.6 is 0 Å². The largest absolute Gasteiger partial charge is 0.456 e. The van der Waals surface area contributed by atoms with Crippen molar-refractivity contribution in [2.24, 2.45) is 0 Å². The highest BCUT2D eigenvalue weighted by Gasteiger charge is 2.15. The zero-order chi connectivity index (χ0) is 34.4. The number of para-hydroxylation sites is 2. The van der Waals surface area contributed by atoms with Gasteiger partial charge in [0.05, 0.1) is 0 Å². The number of furan rings is 1. The Morgan fingerprint density at radius 2 is 0.885 bits per heavy atom. The molecular formula is C50H33NO. The van der Waals surface area contributed by atoms with Gasteiger partial charge < -0.3 is 9.32 Å². The molecule has 0 aliphatic carbocycles. The summed E-state index contributed by atoms with van der Waals surface area (Å²) in [7, 11) is 0. The van der Waals surface area contributed by atoms with Crippen molar-refractivity contribution in [1.29, 1.82) is 0 Å². The molecule has 0 fully saturated rings. The molecule has 2 heteroatoms. The number of rotatable bonds is 6. The van der Waals surface area contributed by atoms with Gasteiger partial charge in [0.1, 0.15) is 11.2 Å². The maximum atomic E-state index is 6.11. The van der Waals surface area contributed by atoms with Crippen molar-refractivity contribution in [3.8, 4) is 33.4 Å². The van der Waals surface area contributed by atoms with Crippen LogP contribution in [0.5, 0.6) is 0 Å². The topological polar surface area (TPSA) is 16.4 Å². The third-order valence-electron chi connectivity index (χ3n) is 10.3. The fourth-order valence-corrected chi connectivity index (χ4v) is 7.69. The van der Waals surface area contributed by atoms with Gasteiger partial charge in [0.2, 0.25) is 0 Å². The lowest BCUT2D eigenvalue weighted by Gasteiger charge is -2.26. The molecule has 52 heavy (non-hydrogen) atoms. The highest BCUT2D eigenvalue weighted by Crippen LogP contribution is 2.39. The second-order valence-electron chi connectivity index (χ2n) is 13.3. The zero-order valence-corrected chi connectivity index (χ0v) is 28.4. The summed E-state index contributed by atoms with van der Waals surface area (Å²) in [6, 6.07) is 71.7. The van der Waals surface area contributed by atoms with Crippen molar-refractivity contribution in [3.05, 3.63) is 200 Å². The first kappa shape index (κ1) is 30.0. The van der Waals surface area contributed by atoms with E-state index in [2.05, 4.69) is 193 Å². The Morgan fingerprint density at radius 1 is 0.288 bits per heavy atom. The summed E-state index contributed by atoms with van der Waals surface area (Å²) >= 11 is 0. The van der Waals surface area contributed by atoms with Gasteiger partial charge in [0.15, 0.2) is 0 Å². The molecule has 1 aromatic heterocycles. The minimum absolute atomic E-state index is 0.907. The van der Waals surface area contributed by atoms with Gasteiger partial charge in [-0.15, -0.1) is 0 Å². The van der Waals surface area contributed by atoms with E-state index < -0.39 is 0 Å². The van der Waals surface area contributed by atoms with Gasteiger partial charge in [0, 0.05) is 27.8 Å². The number of anilines is 3. The van der Waals surface area contributed by atoms with E-state index in [0.717, 1.165) is 50.1 Å². The van der Waals surface area contributed by atoms with E-state index in [4.69, 9.17) is 4.42 Å². The minimum atomic E-state index is 0.907. The lowest BCUT2D eigenvalue weighted by molar-refractivity contribution is 0.669. The van der Waals surface area contributed by atoms with E-state index >= 15 is 0 Å². The molecule has 10 aromatic rings. The quantitative estimate of drug-likeness (QED) is 0.165. The Balaban J connectivity index is 0.980. The summed E-state index contributed by atoms with van der Waals surface area (Å²) in [4.78, 5) is 2.33. The average molecular weight is 664 g/mol. The lowest BCUT2D eigenvalue weighted by atomic mass is 9.93. The van der Waals surface area contributed by atoms with Crippen molar-refractivity contribution in [1.82, 2.24) is 0 Å². The second kappa shape index (κ2) is 12.5. The standard InChI is InChI=1S/C50H33NO/c1-2-12-40(13-3-1)51(42-14-8-11-38(32-42)39-27-31-50-48(33-39)47-16-6-7-19-49(47)52-50)41-28-24-35(25-29-41)34-20-22-37(23-21-34)44-17-9-18-45-43-15-5-4-10-36(43)26-30-46(44)45/h1-33H. The second-order valence-corrected chi connectivity index (χ2v) is 13.3. The van der Waals surface area contributed by atoms with Crippen LogP contribution in [-0.2, 0) is 0 Å². The molecular weight excluding hydrogens is 631 g/mol. The molecule has 2 nitrogen and oxygen atoms in total. The van der Waals surface area contributed by atoms with Gasteiger partial charge in [-0.1, -0.05) is 146 Å². The normalized spacial score (nSPS) is 11.5. The average Bonchev–Trinajstić information content (AvgIpc) is 3.60. The number of hydrogen-bond acceptors (Lipinski definition) is 2. The molecule has 0 aliphatic heterocycles. The van der Waals surface area contributed by atoms with Crippen LogP contribution in [0.25, 0.3) is 76.9 Å². The van der Waals surface area contributed by atoms with E-state index in [1.807, 2.05) is 12.1 Å². The Labute approximate surface area is 302 Å². The van der Waals surface area contributed by atoms with Crippen molar-refractivity contribution in [2.75, 3.05) is 4.90 Å². The fourth-order valence-electron chi connectivity index (χ4n) is 7.69. The van der Waals surface area contributed by atoms with Gasteiger partial charge in [-0.2, -0.15) is 0 Å². The van der Waals surface area contributed by atoms with E-state index in [-0.39, 0.29) is 0 Å². The Kier molecular flexibility index (Phi) is 7.18. The molecule has 0 unspecified atom stereocenters. The van der Waals surface area contributed by atoms with Gasteiger partial charge in [0.25, 0.3) is 0 Å². The maximum absolute atomic E-state index is 6.11. The highest BCUT2D eigenvalue weighted by molar-refractivity contribution is 6.12. The summed E-state index contributed by atoms with van der Waals surface area (Å²) in [6.07, 6.45) is 0. The first-order chi connectivity index (χ1) is 25.8. The minimum Gasteiger partial charge on any atom is -0.456 e. The molecule has 0 radical (unpaired) electrons. The molecule has 0 atom stereocenters.